The lowest BCUT2D eigenvalue weighted by atomic mass is 9.94. The van der Waals surface area contributed by atoms with Gasteiger partial charge in [-0.3, -0.25) is 9.59 Å². The Morgan fingerprint density at radius 3 is 2.50 bits per heavy atom. The zero-order chi connectivity index (χ0) is 18.3. The monoisotopic (exact) mass is 350 g/mol. The van der Waals surface area contributed by atoms with Crippen LogP contribution in [0.5, 0.6) is 5.75 Å². The summed E-state index contributed by atoms with van der Waals surface area (Å²) in [5.74, 6) is 0.702. The number of hydrogen-bond acceptors (Lipinski definition) is 3. The Hall–Kier alpha value is -2.82. The molecule has 0 aromatic heterocycles. The second-order valence-corrected chi connectivity index (χ2v) is 7.09. The molecular weight excluding hydrogens is 328 g/mol. The summed E-state index contributed by atoms with van der Waals surface area (Å²) >= 11 is 0. The minimum Gasteiger partial charge on any atom is -0.486 e. The van der Waals surface area contributed by atoms with Crippen LogP contribution in [0.3, 0.4) is 0 Å². The number of ether oxygens (including phenoxy) is 1. The van der Waals surface area contributed by atoms with Crippen LogP contribution in [0.1, 0.15) is 27.0 Å². The number of carbonyl (C=O) groups excluding carboxylic acids is 2. The maximum atomic E-state index is 12.7. The van der Waals surface area contributed by atoms with Gasteiger partial charge in [0.05, 0.1) is 13.1 Å². The van der Waals surface area contributed by atoms with Crippen molar-refractivity contribution in [3.05, 3.63) is 64.7 Å². The molecule has 1 saturated heterocycles. The molecule has 2 aliphatic heterocycles. The predicted molar refractivity (Wildman–Crippen MR) is 98.3 cm³/mol. The lowest BCUT2D eigenvalue weighted by Gasteiger charge is -2.41. The molecule has 2 aromatic carbocycles. The van der Waals surface area contributed by atoms with Gasteiger partial charge in [-0.1, -0.05) is 36.4 Å². The Morgan fingerprint density at radius 2 is 1.77 bits per heavy atom. The van der Waals surface area contributed by atoms with Crippen LogP contribution in [0.15, 0.2) is 42.5 Å². The second kappa shape index (κ2) is 6.48. The molecule has 2 amide bonds. The Morgan fingerprint density at radius 1 is 1.08 bits per heavy atom. The average molecular weight is 350 g/mol. The van der Waals surface area contributed by atoms with Crippen LogP contribution in [-0.4, -0.2) is 41.9 Å². The van der Waals surface area contributed by atoms with Gasteiger partial charge < -0.3 is 15.0 Å². The fraction of sp³-hybridized carbons (Fsp3) is 0.333. The minimum absolute atomic E-state index is 0.00493. The molecule has 0 bridgehead atoms. The first kappa shape index (κ1) is 16.6. The zero-order valence-corrected chi connectivity index (χ0v) is 15.0. The van der Waals surface area contributed by atoms with Gasteiger partial charge >= 0.3 is 0 Å². The van der Waals surface area contributed by atoms with Crippen LogP contribution in [0.2, 0.25) is 0 Å². The number of para-hydroxylation sites is 1. The van der Waals surface area contributed by atoms with Gasteiger partial charge in [0.1, 0.15) is 17.9 Å². The highest BCUT2D eigenvalue weighted by molar-refractivity contribution is 6.00. The summed E-state index contributed by atoms with van der Waals surface area (Å²) in [6, 6.07) is 13.0. The third kappa shape index (κ3) is 2.94. The van der Waals surface area contributed by atoms with Crippen molar-refractivity contribution in [2.45, 2.75) is 32.4 Å². The number of amides is 2. The van der Waals surface area contributed by atoms with Crippen molar-refractivity contribution in [1.29, 1.82) is 0 Å². The molecular formula is C21H22N2O3. The average Bonchev–Trinajstić information content (AvgIpc) is 2.59. The van der Waals surface area contributed by atoms with Crippen molar-refractivity contribution in [2.24, 2.45) is 0 Å². The Bertz CT molecular complexity index is 851. The lowest BCUT2D eigenvalue weighted by molar-refractivity contribution is -0.142. The van der Waals surface area contributed by atoms with Crippen LogP contribution in [0.4, 0.5) is 0 Å². The first-order valence-electron chi connectivity index (χ1n) is 8.93. The molecule has 134 valence electrons. The number of aryl methyl sites for hydroxylation is 2. The predicted octanol–water partition coefficient (Wildman–Crippen LogP) is 2.25. The van der Waals surface area contributed by atoms with Gasteiger partial charge in [-0.2, -0.15) is 0 Å². The van der Waals surface area contributed by atoms with Gasteiger partial charge in [0.25, 0.3) is 5.91 Å². The summed E-state index contributed by atoms with van der Waals surface area (Å²) in [7, 11) is 0. The van der Waals surface area contributed by atoms with Crippen molar-refractivity contribution < 1.29 is 14.3 Å². The van der Waals surface area contributed by atoms with Crippen molar-refractivity contribution in [2.75, 3.05) is 13.1 Å². The molecule has 0 saturated carbocycles. The van der Waals surface area contributed by atoms with E-state index >= 15 is 0 Å². The first-order valence-corrected chi connectivity index (χ1v) is 8.93. The molecule has 0 aliphatic carbocycles. The van der Waals surface area contributed by atoms with Crippen LogP contribution < -0.4 is 10.1 Å². The Labute approximate surface area is 153 Å². The fourth-order valence-corrected chi connectivity index (χ4v) is 3.64. The molecule has 2 heterocycles. The SMILES string of the molecule is Cc1cccc(C)c1OC1CN(C(=O)[C@@H]2Cc3ccccc3C(=O)N2)C1. The maximum absolute atomic E-state index is 12.7. The van der Waals surface area contributed by atoms with Crippen molar-refractivity contribution in [3.8, 4) is 5.75 Å². The molecule has 0 unspecified atom stereocenters. The number of benzene rings is 2. The minimum atomic E-state index is -0.487. The van der Waals surface area contributed by atoms with Crippen LogP contribution in [0, 0.1) is 13.8 Å². The second-order valence-electron chi connectivity index (χ2n) is 7.09. The number of carbonyl (C=O) groups is 2. The number of nitrogens with one attached hydrogen (secondary N) is 1. The van der Waals surface area contributed by atoms with Crippen molar-refractivity contribution in [1.82, 2.24) is 10.2 Å². The van der Waals surface area contributed by atoms with Gasteiger partial charge in [0.15, 0.2) is 0 Å². The number of fused-ring (bicyclic) bond motifs is 1. The van der Waals surface area contributed by atoms with E-state index in [-0.39, 0.29) is 17.9 Å². The third-order valence-electron chi connectivity index (χ3n) is 5.14. The number of rotatable bonds is 3. The van der Waals surface area contributed by atoms with E-state index in [9.17, 15) is 9.59 Å². The molecule has 0 radical (unpaired) electrons. The van der Waals surface area contributed by atoms with E-state index in [1.165, 1.54) is 0 Å². The Balaban J connectivity index is 1.38. The van der Waals surface area contributed by atoms with E-state index in [4.69, 9.17) is 4.74 Å². The summed E-state index contributed by atoms with van der Waals surface area (Å²) in [6.45, 7) is 5.17. The van der Waals surface area contributed by atoms with Gasteiger partial charge in [0, 0.05) is 12.0 Å². The van der Waals surface area contributed by atoms with Gasteiger partial charge in [0.2, 0.25) is 5.91 Å². The highest BCUT2D eigenvalue weighted by Crippen LogP contribution is 2.27. The van der Waals surface area contributed by atoms with E-state index in [2.05, 4.69) is 5.32 Å². The molecule has 2 aromatic rings. The standard InChI is InChI=1S/C21H22N2O3/c1-13-6-5-7-14(2)19(13)26-16-11-23(12-16)21(25)18-10-15-8-3-4-9-17(15)20(24)22-18/h3-9,16,18H,10-12H2,1-2H3,(H,22,24)/t18-/m0/s1. The smallest absolute Gasteiger partial charge is 0.252 e. The van der Waals surface area contributed by atoms with E-state index < -0.39 is 6.04 Å². The van der Waals surface area contributed by atoms with Gasteiger partial charge in [-0.05, 0) is 36.6 Å². The normalized spacial score (nSPS) is 19.4. The summed E-state index contributed by atoms with van der Waals surface area (Å²) in [6.07, 6.45) is 0.546. The summed E-state index contributed by atoms with van der Waals surface area (Å²) in [5, 5.41) is 2.83. The van der Waals surface area contributed by atoms with Crippen molar-refractivity contribution >= 4 is 11.8 Å². The lowest BCUT2D eigenvalue weighted by Crippen LogP contribution is -2.62. The van der Waals surface area contributed by atoms with Crippen LogP contribution in [0.25, 0.3) is 0 Å². The number of likely N-dealkylation sites (tertiary alicyclic amines) is 1. The number of hydrogen-bond donors (Lipinski definition) is 1. The molecule has 1 N–H and O–H groups in total. The highest BCUT2D eigenvalue weighted by atomic mass is 16.5. The van der Waals surface area contributed by atoms with Crippen LogP contribution >= 0.6 is 0 Å². The zero-order valence-electron chi connectivity index (χ0n) is 15.0. The topological polar surface area (TPSA) is 58.6 Å². The molecule has 26 heavy (non-hydrogen) atoms. The first-order chi connectivity index (χ1) is 12.5. The van der Waals surface area contributed by atoms with E-state index in [0.717, 1.165) is 22.4 Å². The molecule has 1 fully saturated rings. The van der Waals surface area contributed by atoms with E-state index in [1.807, 2.05) is 50.2 Å². The number of nitrogens with zero attached hydrogens (tertiary/aromatic N) is 1. The molecule has 5 heteroatoms. The summed E-state index contributed by atoms with van der Waals surface area (Å²) in [5.41, 5.74) is 3.80. The molecule has 5 nitrogen and oxygen atoms in total. The maximum Gasteiger partial charge on any atom is 0.252 e. The third-order valence-corrected chi connectivity index (χ3v) is 5.14. The quantitative estimate of drug-likeness (QED) is 0.924. The van der Waals surface area contributed by atoms with Crippen LogP contribution in [-0.2, 0) is 11.2 Å². The molecule has 0 spiro atoms. The highest BCUT2D eigenvalue weighted by Gasteiger charge is 2.38. The fourth-order valence-electron chi connectivity index (χ4n) is 3.64. The van der Waals surface area contributed by atoms with E-state index in [1.54, 1.807) is 11.0 Å². The van der Waals surface area contributed by atoms with Crippen molar-refractivity contribution in [3.63, 3.8) is 0 Å². The summed E-state index contributed by atoms with van der Waals surface area (Å²) < 4.78 is 6.08. The largest absolute Gasteiger partial charge is 0.486 e. The summed E-state index contributed by atoms with van der Waals surface area (Å²) in [4.78, 5) is 26.7. The molecule has 4 rings (SSSR count). The molecule has 2 aliphatic rings. The van der Waals surface area contributed by atoms with E-state index in [0.29, 0.717) is 25.1 Å². The molecule has 1 atom stereocenters. The van der Waals surface area contributed by atoms with Gasteiger partial charge in [-0.15, -0.1) is 0 Å². The van der Waals surface area contributed by atoms with Gasteiger partial charge in [-0.25, -0.2) is 0 Å². The Kier molecular flexibility index (Phi) is 4.15.